The fourth-order valence-corrected chi connectivity index (χ4v) is 6.00. The Morgan fingerprint density at radius 2 is 1.32 bits per heavy atom. The van der Waals surface area contributed by atoms with Crippen molar-refractivity contribution in [3.63, 3.8) is 0 Å². The third-order valence-corrected chi connectivity index (χ3v) is 8.04. The van der Waals surface area contributed by atoms with E-state index in [1.807, 2.05) is 66.7 Å². The van der Waals surface area contributed by atoms with E-state index in [2.05, 4.69) is 24.3 Å². The average molecular weight is 539 g/mol. The molecule has 1 aliphatic carbocycles. The molecule has 0 spiro atoms. The van der Waals surface area contributed by atoms with Gasteiger partial charge in [0.2, 0.25) is 0 Å². The minimum Gasteiger partial charge on any atom is -0.493 e. The third-order valence-electron chi connectivity index (χ3n) is 8.04. The largest absolute Gasteiger partial charge is 0.493 e. The first kappa shape index (κ1) is 26.2. The summed E-state index contributed by atoms with van der Waals surface area (Å²) in [5.74, 6) is 2.81. The summed E-state index contributed by atoms with van der Waals surface area (Å²) in [6.45, 7) is 1.38. The fraction of sp³-hybridized carbons (Fsp3) is 0.294. The smallest absolute Gasteiger partial charge is 0.161 e. The molecule has 4 aromatic carbocycles. The van der Waals surface area contributed by atoms with E-state index in [1.54, 1.807) is 14.2 Å². The maximum atomic E-state index is 10.7. The van der Waals surface area contributed by atoms with Crippen LogP contribution in [0.2, 0.25) is 0 Å². The van der Waals surface area contributed by atoms with Crippen molar-refractivity contribution in [2.24, 2.45) is 11.8 Å². The number of ether oxygens (including phenoxy) is 5. The van der Waals surface area contributed by atoms with E-state index in [0.29, 0.717) is 49.2 Å². The van der Waals surface area contributed by atoms with Crippen molar-refractivity contribution in [3.05, 3.63) is 119 Å². The zero-order valence-corrected chi connectivity index (χ0v) is 22.8. The Hall–Kier alpha value is -4.00. The molecule has 6 rings (SSSR count). The second kappa shape index (κ2) is 11.6. The summed E-state index contributed by atoms with van der Waals surface area (Å²) in [6.07, 6.45) is -0.0846. The molecule has 4 atom stereocenters. The van der Waals surface area contributed by atoms with Crippen molar-refractivity contribution in [1.29, 1.82) is 0 Å². The van der Waals surface area contributed by atoms with Gasteiger partial charge >= 0.3 is 0 Å². The van der Waals surface area contributed by atoms with E-state index in [-0.39, 0.29) is 17.8 Å². The van der Waals surface area contributed by atoms with Gasteiger partial charge in [0.1, 0.15) is 13.2 Å². The summed E-state index contributed by atoms with van der Waals surface area (Å²) in [7, 11) is 3.32. The minimum atomic E-state index is -0.795. The van der Waals surface area contributed by atoms with Gasteiger partial charge in [-0.2, -0.15) is 0 Å². The molecule has 1 fully saturated rings. The highest BCUT2D eigenvalue weighted by molar-refractivity contribution is 5.54. The maximum Gasteiger partial charge on any atom is 0.161 e. The second-order valence-corrected chi connectivity index (χ2v) is 10.4. The Balaban J connectivity index is 1.35. The predicted molar refractivity (Wildman–Crippen MR) is 152 cm³/mol. The van der Waals surface area contributed by atoms with Gasteiger partial charge in [0.15, 0.2) is 29.3 Å². The first-order valence-electron chi connectivity index (χ1n) is 13.7. The van der Waals surface area contributed by atoms with E-state index >= 15 is 0 Å². The minimum absolute atomic E-state index is 0.0155. The zero-order valence-electron chi connectivity index (χ0n) is 22.8. The molecular formula is C34H34O6. The van der Waals surface area contributed by atoms with E-state index in [0.717, 1.165) is 27.8 Å². The molecular weight excluding hydrogens is 504 g/mol. The summed E-state index contributed by atoms with van der Waals surface area (Å²) in [5, 5.41) is 10.7. The highest BCUT2D eigenvalue weighted by Crippen LogP contribution is 2.51. The summed E-state index contributed by atoms with van der Waals surface area (Å²) in [5.41, 5.74) is 5.54. The van der Waals surface area contributed by atoms with Crippen LogP contribution in [0.25, 0.3) is 0 Å². The van der Waals surface area contributed by atoms with Gasteiger partial charge in [-0.3, -0.25) is 0 Å². The molecule has 2 aliphatic rings. The molecule has 4 aromatic rings. The molecule has 0 amide bonds. The van der Waals surface area contributed by atoms with Crippen LogP contribution in [0.15, 0.2) is 91.0 Å². The van der Waals surface area contributed by atoms with E-state index < -0.39 is 6.29 Å². The van der Waals surface area contributed by atoms with Crippen molar-refractivity contribution in [2.45, 2.75) is 31.8 Å². The van der Waals surface area contributed by atoms with Crippen LogP contribution in [-0.4, -0.2) is 32.2 Å². The number of hydrogen-bond acceptors (Lipinski definition) is 6. The Labute approximate surface area is 235 Å². The lowest BCUT2D eigenvalue weighted by atomic mass is 9.67. The fourth-order valence-electron chi connectivity index (χ4n) is 6.00. The Morgan fingerprint density at radius 3 is 1.98 bits per heavy atom. The van der Waals surface area contributed by atoms with E-state index in [9.17, 15) is 5.11 Å². The van der Waals surface area contributed by atoms with E-state index in [1.165, 1.54) is 0 Å². The van der Waals surface area contributed by atoms with Crippen molar-refractivity contribution in [1.82, 2.24) is 0 Å². The predicted octanol–water partition coefficient (Wildman–Crippen LogP) is 6.13. The van der Waals surface area contributed by atoms with Crippen molar-refractivity contribution < 1.29 is 28.8 Å². The van der Waals surface area contributed by atoms with Gasteiger partial charge in [-0.05, 0) is 58.5 Å². The summed E-state index contributed by atoms with van der Waals surface area (Å²) >= 11 is 0. The van der Waals surface area contributed by atoms with Gasteiger partial charge in [0.25, 0.3) is 0 Å². The molecule has 1 saturated heterocycles. The van der Waals surface area contributed by atoms with Gasteiger partial charge in [0.05, 0.1) is 20.8 Å². The molecule has 6 nitrogen and oxygen atoms in total. The first-order valence-corrected chi connectivity index (χ1v) is 13.7. The summed E-state index contributed by atoms with van der Waals surface area (Å²) in [6, 6.07) is 30.4. The van der Waals surface area contributed by atoms with Crippen molar-refractivity contribution >= 4 is 0 Å². The van der Waals surface area contributed by atoms with Gasteiger partial charge in [-0.1, -0.05) is 66.7 Å². The van der Waals surface area contributed by atoms with Crippen molar-refractivity contribution in [3.8, 4) is 23.0 Å². The lowest BCUT2D eigenvalue weighted by molar-refractivity contribution is -0.0823. The molecule has 0 radical (unpaired) electrons. The van der Waals surface area contributed by atoms with E-state index in [4.69, 9.17) is 23.7 Å². The normalized spacial score (nSPS) is 21.3. The van der Waals surface area contributed by atoms with Crippen LogP contribution in [0.5, 0.6) is 23.0 Å². The number of aliphatic hydroxyl groups excluding tert-OH is 1. The topological polar surface area (TPSA) is 66.4 Å². The standard InChI is InChI=1S/C34H34O6/c1-36-30-16-24(13-14-29(30)38-19-22-9-5-3-6-10-22)33-26-18-32(39-20-23-11-7-4-8-12-23)31(37-2)17-25(26)15-27-28(33)21-40-34(27)35/h3-14,16-18,27-28,33-35H,15,19-21H2,1-2H3/t27-,28+,33+,34+/m1/s1. The van der Waals surface area contributed by atoms with Crippen molar-refractivity contribution in [2.75, 3.05) is 20.8 Å². The number of benzene rings is 4. The highest BCUT2D eigenvalue weighted by atomic mass is 16.6. The van der Waals surface area contributed by atoms with Gasteiger partial charge < -0.3 is 28.8 Å². The number of aliphatic hydroxyl groups is 1. The molecule has 0 saturated carbocycles. The van der Waals surface area contributed by atoms with Crippen LogP contribution in [0, 0.1) is 11.8 Å². The van der Waals surface area contributed by atoms with Crippen LogP contribution in [-0.2, 0) is 24.4 Å². The molecule has 1 heterocycles. The van der Waals surface area contributed by atoms with Gasteiger partial charge in [0, 0.05) is 17.8 Å². The van der Waals surface area contributed by atoms with Crippen LogP contribution in [0.1, 0.15) is 33.7 Å². The molecule has 0 aromatic heterocycles. The monoisotopic (exact) mass is 538 g/mol. The molecule has 1 aliphatic heterocycles. The maximum absolute atomic E-state index is 10.7. The highest BCUT2D eigenvalue weighted by Gasteiger charge is 2.46. The first-order chi connectivity index (χ1) is 19.6. The van der Waals surface area contributed by atoms with Crippen LogP contribution in [0.3, 0.4) is 0 Å². The lowest BCUT2D eigenvalue weighted by Crippen LogP contribution is -2.32. The Morgan fingerprint density at radius 1 is 0.700 bits per heavy atom. The molecule has 206 valence electrons. The molecule has 40 heavy (non-hydrogen) atoms. The number of rotatable bonds is 9. The Bertz CT molecular complexity index is 1440. The summed E-state index contributed by atoms with van der Waals surface area (Å²) in [4.78, 5) is 0. The SMILES string of the molecule is COc1cc([C@H]2c3cc(OCc4ccccc4)c(OC)cc3C[C@@H]3[C@@H]2CO[C@@H]3O)ccc1OCc1ccccc1. The average Bonchev–Trinajstić information content (AvgIpc) is 3.37. The lowest BCUT2D eigenvalue weighted by Gasteiger charge is -2.36. The zero-order chi connectivity index (χ0) is 27.5. The quantitative estimate of drug-likeness (QED) is 0.277. The van der Waals surface area contributed by atoms with Gasteiger partial charge in [-0.25, -0.2) is 0 Å². The van der Waals surface area contributed by atoms with Crippen LogP contribution in [0.4, 0.5) is 0 Å². The Kier molecular flexibility index (Phi) is 7.62. The second-order valence-electron chi connectivity index (χ2n) is 10.4. The molecule has 0 unspecified atom stereocenters. The third kappa shape index (κ3) is 5.25. The number of fused-ring (bicyclic) bond motifs is 2. The molecule has 0 bridgehead atoms. The summed E-state index contributed by atoms with van der Waals surface area (Å²) < 4.78 is 29.7. The molecule has 1 N–H and O–H groups in total. The van der Waals surface area contributed by atoms with Crippen LogP contribution < -0.4 is 18.9 Å². The molecule has 6 heteroatoms. The van der Waals surface area contributed by atoms with Gasteiger partial charge in [-0.15, -0.1) is 0 Å². The number of hydrogen-bond donors (Lipinski definition) is 1. The number of methoxy groups -OCH3 is 2. The van der Waals surface area contributed by atoms with Crippen LogP contribution >= 0.6 is 0 Å².